The first-order valence-corrected chi connectivity index (χ1v) is 12.8. The molecule has 2 aromatic carbocycles. The first-order valence-electron chi connectivity index (χ1n) is 12.8. The van der Waals surface area contributed by atoms with Gasteiger partial charge in [-0.1, -0.05) is 12.1 Å². The van der Waals surface area contributed by atoms with Crippen LogP contribution in [-0.2, 0) is 37.0 Å². The molecule has 0 aliphatic carbocycles. The van der Waals surface area contributed by atoms with Crippen LogP contribution in [0.2, 0.25) is 0 Å². The van der Waals surface area contributed by atoms with Gasteiger partial charge in [0.2, 0.25) is 0 Å². The highest BCUT2D eigenvalue weighted by Crippen LogP contribution is 2.36. The van der Waals surface area contributed by atoms with Gasteiger partial charge < -0.3 is 11.1 Å². The van der Waals surface area contributed by atoms with Crippen LogP contribution in [0, 0.1) is 17.5 Å². The first kappa shape index (κ1) is 29.0. The maximum atomic E-state index is 14.2. The minimum atomic E-state index is -4.70. The Bertz CT molecular complexity index is 1660. The van der Waals surface area contributed by atoms with E-state index in [2.05, 4.69) is 15.4 Å². The molecule has 5 rings (SSSR count). The molecule has 0 bridgehead atoms. The summed E-state index contributed by atoms with van der Waals surface area (Å²) in [7, 11) is 0. The average molecular weight is 588 g/mol. The molecule has 1 amide bonds. The van der Waals surface area contributed by atoms with E-state index >= 15 is 0 Å². The molecule has 0 spiro atoms. The Balaban J connectivity index is 1.52. The summed E-state index contributed by atoms with van der Waals surface area (Å²) in [5.41, 5.74) is 5.36. The number of Topliss-reactive ketones (excluding diaryl/α,β-unsaturated/α-hetero) is 1. The molecule has 1 atom stereocenters. The van der Waals surface area contributed by atoms with Gasteiger partial charge in [-0.3, -0.25) is 19.3 Å². The van der Waals surface area contributed by atoms with Gasteiger partial charge in [0.05, 0.1) is 23.5 Å². The number of primary amides is 1. The van der Waals surface area contributed by atoms with Crippen molar-refractivity contribution in [3.8, 4) is 11.1 Å². The highest BCUT2D eigenvalue weighted by atomic mass is 19.4. The van der Waals surface area contributed by atoms with Crippen molar-refractivity contribution in [3.05, 3.63) is 106 Å². The summed E-state index contributed by atoms with van der Waals surface area (Å²) in [6, 6.07) is 9.78. The fourth-order valence-corrected chi connectivity index (χ4v) is 5.24. The molecule has 3 N–H and O–H groups in total. The van der Waals surface area contributed by atoms with Gasteiger partial charge in [-0.15, -0.1) is 0 Å². The Morgan fingerprint density at radius 1 is 1.02 bits per heavy atom. The Morgan fingerprint density at radius 3 is 2.45 bits per heavy atom. The summed E-state index contributed by atoms with van der Waals surface area (Å²) >= 11 is 0. The Labute approximate surface area is 235 Å². The Kier molecular flexibility index (Phi) is 7.87. The monoisotopic (exact) mass is 587 g/mol. The van der Waals surface area contributed by atoms with Crippen molar-refractivity contribution in [3.63, 3.8) is 0 Å². The number of nitrogens with two attached hydrogens (primary N) is 1. The summed E-state index contributed by atoms with van der Waals surface area (Å²) in [5, 5.41) is 6.50. The van der Waals surface area contributed by atoms with Crippen LogP contribution in [0.1, 0.15) is 50.9 Å². The normalized spacial score (nSPS) is 13.7. The molecular formula is C29H23F6N5O2. The minimum absolute atomic E-state index is 0.0179. The van der Waals surface area contributed by atoms with E-state index in [1.54, 1.807) is 12.1 Å². The third-order valence-electron chi connectivity index (χ3n) is 7.00. The second-order valence-corrected chi connectivity index (χ2v) is 9.95. The maximum Gasteiger partial charge on any atom is 0.435 e. The summed E-state index contributed by atoms with van der Waals surface area (Å²) < 4.78 is 83.9. The van der Waals surface area contributed by atoms with E-state index in [1.807, 2.05) is 0 Å². The summed E-state index contributed by atoms with van der Waals surface area (Å²) in [5.74, 6) is -4.82. The predicted molar refractivity (Wildman–Crippen MR) is 138 cm³/mol. The maximum absolute atomic E-state index is 14.2. The average Bonchev–Trinajstić information content (AvgIpc) is 3.51. The first-order chi connectivity index (χ1) is 19.9. The molecule has 0 saturated carbocycles. The molecule has 7 nitrogen and oxygen atoms in total. The Morgan fingerprint density at radius 2 is 1.76 bits per heavy atom. The SMILES string of the molecule is NC(=O)c1cc(-c2cccnc2[C@@H](CC(=O)Cn2nc(C(F)(F)F)c3c2CNC3)Cc2cc(F)cc(F)c2)ccc1F. The zero-order valence-electron chi connectivity index (χ0n) is 21.8. The van der Waals surface area contributed by atoms with Crippen molar-refractivity contribution in [2.24, 2.45) is 5.73 Å². The van der Waals surface area contributed by atoms with Crippen LogP contribution in [0.4, 0.5) is 26.3 Å². The quantitative estimate of drug-likeness (QED) is 0.266. The Hall–Kier alpha value is -4.52. The van der Waals surface area contributed by atoms with Crippen molar-refractivity contribution >= 4 is 11.7 Å². The number of pyridine rings is 1. The number of fused-ring (bicyclic) bond motifs is 1. The van der Waals surface area contributed by atoms with Gasteiger partial charge in [-0.25, -0.2) is 13.2 Å². The number of hydrogen-bond acceptors (Lipinski definition) is 5. The second-order valence-electron chi connectivity index (χ2n) is 9.95. The molecule has 0 fully saturated rings. The molecule has 2 aromatic heterocycles. The molecular weight excluding hydrogens is 564 g/mol. The predicted octanol–water partition coefficient (Wildman–Crippen LogP) is 5.07. The van der Waals surface area contributed by atoms with Gasteiger partial charge in [-0.05, 0) is 47.9 Å². The number of aromatic nitrogens is 3. The van der Waals surface area contributed by atoms with E-state index in [1.165, 1.54) is 18.3 Å². The molecule has 0 unspecified atom stereocenters. The topological polar surface area (TPSA) is 103 Å². The van der Waals surface area contributed by atoms with Gasteiger partial charge in [0.1, 0.15) is 17.5 Å². The van der Waals surface area contributed by atoms with Crippen LogP contribution in [0.5, 0.6) is 0 Å². The molecule has 4 aromatic rings. The van der Waals surface area contributed by atoms with E-state index in [4.69, 9.17) is 5.73 Å². The third kappa shape index (κ3) is 6.05. The van der Waals surface area contributed by atoms with Crippen LogP contribution < -0.4 is 11.1 Å². The number of amides is 1. The van der Waals surface area contributed by atoms with E-state index in [9.17, 15) is 35.9 Å². The number of halogens is 6. The van der Waals surface area contributed by atoms with Crippen molar-refractivity contribution in [2.75, 3.05) is 0 Å². The van der Waals surface area contributed by atoms with Crippen LogP contribution in [0.15, 0.2) is 54.7 Å². The number of carbonyl (C=O) groups is 2. The molecule has 42 heavy (non-hydrogen) atoms. The number of nitrogens with one attached hydrogen (secondary N) is 1. The van der Waals surface area contributed by atoms with E-state index in [0.29, 0.717) is 22.9 Å². The van der Waals surface area contributed by atoms with Crippen LogP contribution in [-0.4, -0.2) is 26.5 Å². The fourth-order valence-electron chi connectivity index (χ4n) is 5.24. The molecule has 1 aliphatic rings. The van der Waals surface area contributed by atoms with E-state index < -0.39 is 53.5 Å². The van der Waals surface area contributed by atoms with Gasteiger partial charge >= 0.3 is 6.18 Å². The standard InChI is InChI=1S/C29H23F6N5O2/c30-18-7-15(8-19(31)11-18)6-17(9-20(41)14-40-25-13-37-12-23(25)27(39-40)29(33,34)35)26-21(2-1-5-38-26)16-3-4-24(32)22(10-16)28(36)42/h1-5,7-8,10-11,17,37H,6,9,12-14H2,(H2,36,42)/t17-/m1/s1. The van der Waals surface area contributed by atoms with Gasteiger partial charge in [0.25, 0.3) is 5.91 Å². The van der Waals surface area contributed by atoms with Crippen LogP contribution in [0.25, 0.3) is 11.1 Å². The number of hydrogen-bond donors (Lipinski definition) is 2. The lowest BCUT2D eigenvalue weighted by Gasteiger charge is -2.20. The summed E-state index contributed by atoms with van der Waals surface area (Å²) in [6.07, 6.45) is -3.62. The highest BCUT2D eigenvalue weighted by molar-refractivity contribution is 5.94. The molecule has 3 heterocycles. The van der Waals surface area contributed by atoms with Gasteiger partial charge in [0.15, 0.2) is 11.5 Å². The van der Waals surface area contributed by atoms with Crippen LogP contribution in [0.3, 0.4) is 0 Å². The highest BCUT2D eigenvalue weighted by Gasteiger charge is 2.40. The third-order valence-corrected chi connectivity index (χ3v) is 7.00. The van der Waals surface area contributed by atoms with E-state index in [0.717, 1.165) is 22.9 Å². The largest absolute Gasteiger partial charge is 0.435 e. The molecule has 1 aliphatic heterocycles. The number of benzene rings is 2. The number of ketones is 1. The number of carbonyl (C=O) groups excluding carboxylic acids is 2. The number of nitrogens with zero attached hydrogens (tertiary/aromatic N) is 3. The molecule has 218 valence electrons. The number of alkyl halides is 3. The molecule has 13 heteroatoms. The van der Waals surface area contributed by atoms with Crippen molar-refractivity contribution in [1.82, 2.24) is 20.1 Å². The lowest BCUT2D eigenvalue weighted by Crippen LogP contribution is -2.20. The molecule has 0 saturated heterocycles. The lowest BCUT2D eigenvalue weighted by molar-refractivity contribution is -0.142. The van der Waals surface area contributed by atoms with Crippen molar-refractivity contribution < 1.29 is 35.9 Å². The number of rotatable bonds is 9. The minimum Gasteiger partial charge on any atom is -0.366 e. The lowest BCUT2D eigenvalue weighted by atomic mass is 9.86. The summed E-state index contributed by atoms with van der Waals surface area (Å²) in [4.78, 5) is 29.5. The zero-order valence-corrected chi connectivity index (χ0v) is 21.8. The van der Waals surface area contributed by atoms with Crippen molar-refractivity contribution in [1.29, 1.82) is 0 Å². The van der Waals surface area contributed by atoms with Crippen LogP contribution >= 0.6 is 0 Å². The van der Waals surface area contributed by atoms with E-state index in [-0.39, 0.29) is 48.3 Å². The smallest absolute Gasteiger partial charge is 0.366 e. The van der Waals surface area contributed by atoms with Crippen molar-refractivity contribution in [2.45, 2.75) is 44.6 Å². The fraction of sp³-hybridized carbons (Fsp3) is 0.241. The summed E-state index contributed by atoms with van der Waals surface area (Å²) in [6.45, 7) is -0.401. The van der Waals surface area contributed by atoms with Gasteiger partial charge in [-0.2, -0.15) is 18.3 Å². The zero-order chi connectivity index (χ0) is 30.2. The molecule has 0 radical (unpaired) electrons. The second kappa shape index (κ2) is 11.4. The van der Waals surface area contributed by atoms with Gasteiger partial charge in [0, 0.05) is 48.8 Å².